The Balaban J connectivity index is 2.57. The van der Waals surface area contributed by atoms with E-state index >= 15 is 0 Å². The summed E-state index contributed by atoms with van der Waals surface area (Å²) < 4.78 is 13.3. The lowest BCUT2D eigenvalue weighted by atomic mass is 9.96. The molecule has 1 aliphatic heterocycles. The molecule has 1 heterocycles. The standard InChI is InChI=1S/C10H19FN2O/c1-9(2,11)8(14)13-7-5-6-12-10(7,3)4/h7,12H,5-6H2,1-4H3,(H,13,14). The van der Waals surface area contributed by atoms with Crippen molar-refractivity contribution in [2.24, 2.45) is 0 Å². The topological polar surface area (TPSA) is 41.1 Å². The third-order valence-electron chi connectivity index (χ3n) is 2.73. The molecule has 0 bridgehead atoms. The van der Waals surface area contributed by atoms with Crippen LogP contribution in [-0.4, -0.2) is 29.7 Å². The number of carbonyl (C=O) groups excluding carboxylic acids is 1. The number of nitrogens with one attached hydrogen (secondary N) is 2. The number of hydrogen-bond donors (Lipinski definition) is 2. The predicted octanol–water partition coefficient (Wildman–Crippen LogP) is 0.991. The van der Waals surface area contributed by atoms with Crippen LogP contribution in [0.2, 0.25) is 0 Å². The Hall–Kier alpha value is -0.640. The molecule has 1 atom stereocenters. The average molecular weight is 202 g/mol. The summed E-state index contributed by atoms with van der Waals surface area (Å²) in [6.45, 7) is 7.44. The molecule has 14 heavy (non-hydrogen) atoms. The summed E-state index contributed by atoms with van der Waals surface area (Å²) in [5.74, 6) is -0.528. The summed E-state index contributed by atoms with van der Waals surface area (Å²) >= 11 is 0. The van der Waals surface area contributed by atoms with Gasteiger partial charge in [0.05, 0.1) is 0 Å². The number of alkyl halides is 1. The van der Waals surface area contributed by atoms with Crippen molar-refractivity contribution in [2.75, 3.05) is 6.54 Å². The van der Waals surface area contributed by atoms with Crippen molar-refractivity contribution in [1.82, 2.24) is 10.6 Å². The molecule has 3 nitrogen and oxygen atoms in total. The molecule has 0 aliphatic carbocycles. The molecule has 82 valence electrons. The Morgan fingerprint density at radius 2 is 2.14 bits per heavy atom. The second-order valence-corrected chi connectivity index (χ2v) is 4.94. The fourth-order valence-electron chi connectivity index (χ4n) is 1.61. The van der Waals surface area contributed by atoms with E-state index < -0.39 is 11.6 Å². The van der Waals surface area contributed by atoms with Gasteiger partial charge in [-0.05, 0) is 40.7 Å². The lowest BCUT2D eigenvalue weighted by Crippen LogP contribution is -2.54. The zero-order valence-corrected chi connectivity index (χ0v) is 9.28. The molecule has 1 saturated heterocycles. The molecule has 1 amide bonds. The second-order valence-electron chi connectivity index (χ2n) is 4.94. The first-order valence-electron chi connectivity index (χ1n) is 4.98. The fraction of sp³-hybridized carbons (Fsp3) is 0.900. The molecule has 1 fully saturated rings. The molecule has 0 saturated carbocycles. The maximum atomic E-state index is 13.3. The fourth-order valence-corrected chi connectivity index (χ4v) is 1.61. The van der Waals surface area contributed by atoms with Crippen LogP contribution in [0.4, 0.5) is 4.39 Å². The van der Waals surface area contributed by atoms with Gasteiger partial charge in [-0.1, -0.05) is 0 Å². The van der Waals surface area contributed by atoms with Crippen molar-refractivity contribution in [3.8, 4) is 0 Å². The largest absolute Gasteiger partial charge is 0.349 e. The number of carbonyl (C=O) groups is 1. The van der Waals surface area contributed by atoms with E-state index in [0.29, 0.717) is 0 Å². The maximum absolute atomic E-state index is 13.3. The summed E-state index contributed by atoms with van der Waals surface area (Å²) in [5.41, 5.74) is -1.93. The highest BCUT2D eigenvalue weighted by Crippen LogP contribution is 2.20. The van der Waals surface area contributed by atoms with Crippen molar-refractivity contribution in [2.45, 2.75) is 51.4 Å². The number of hydrogen-bond acceptors (Lipinski definition) is 2. The minimum Gasteiger partial charge on any atom is -0.349 e. The Kier molecular flexibility index (Phi) is 2.86. The highest BCUT2D eigenvalue weighted by Gasteiger charge is 2.38. The lowest BCUT2D eigenvalue weighted by Gasteiger charge is -2.29. The van der Waals surface area contributed by atoms with E-state index in [1.165, 1.54) is 13.8 Å². The molecule has 0 aromatic rings. The lowest BCUT2D eigenvalue weighted by molar-refractivity contribution is -0.131. The molecule has 0 aromatic carbocycles. The summed E-state index contributed by atoms with van der Waals surface area (Å²) in [5, 5.41) is 6.00. The van der Waals surface area contributed by atoms with Crippen LogP contribution < -0.4 is 10.6 Å². The van der Waals surface area contributed by atoms with Crippen molar-refractivity contribution >= 4 is 5.91 Å². The van der Waals surface area contributed by atoms with Gasteiger partial charge in [0.15, 0.2) is 5.67 Å². The summed E-state index contributed by atoms with van der Waals surface area (Å²) in [7, 11) is 0. The molecule has 1 rings (SSSR count). The summed E-state index contributed by atoms with van der Waals surface area (Å²) in [6, 6.07) is 0.0185. The number of amides is 1. The second kappa shape index (κ2) is 3.50. The van der Waals surface area contributed by atoms with Crippen molar-refractivity contribution in [1.29, 1.82) is 0 Å². The monoisotopic (exact) mass is 202 g/mol. The van der Waals surface area contributed by atoms with Crippen LogP contribution in [-0.2, 0) is 4.79 Å². The quantitative estimate of drug-likeness (QED) is 0.701. The van der Waals surface area contributed by atoms with Gasteiger partial charge >= 0.3 is 0 Å². The molecule has 4 heteroatoms. The Labute approximate surface area is 84.4 Å². The van der Waals surface area contributed by atoms with Gasteiger partial charge in [0, 0.05) is 11.6 Å². The van der Waals surface area contributed by atoms with Gasteiger partial charge in [-0.25, -0.2) is 4.39 Å². The number of halogens is 1. The summed E-state index contributed by atoms with van der Waals surface area (Å²) in [6.07, 6.45) is 0.856. The molecule has 1 aliphatic rings. The molecule has 2 N–H and O–H groups in total. The Morgan fingerprint density at radius 3 is 2.50 bits per heavy atom. The smallest absolute Gasteiger partial charge is 0.257 e. The maximum Gasteiger partial charge on any atom is 0.257 e. The molecule has 0 spiro atoms. The number of rotatable bonds is 2. The van der Waals surface area contributed by atoms with Gasteiger partial charge in [-0.2, -0.15) is 0 Å². The first kappa shape index (κ1) is 11.4. The van der Waals surface area contributed by atoms with Gasteiger partial charge in [0.1, 0.15) is 0 Å². The molecular weight excluding hydrogens is 183 g/mol. The van der Waals surface area contributed by atoms with Crippen LogP contribution >= 0.6 is 0 Å². The van der Waals surface area contributed by atoms with Gasteiger partial charge in [-0.3, -0.25) is 4.79 Å². The van der Waals surface area contributed by atoms with Crippen LogP contribution in [0.1, 0.15) is 34.1 Å². The summed E-state index contributed by atoms with van der Waals surface area (Å²) in [4.78, 5) is 11.4. The SMILES string of the molecule is CC(C)(F)C(=O)NC1CCNC1(C)C. The van der Waals surface area contributed by atoms with Gasteiger partial charge < -0.3 is 10.6 Å². The van der Waals surface area contributed by atoms with Crippen LogP contribution in [0.3, 0.4) is 0 Å². The Morgan fingerprint density at radius 1 is 1.57 bits per heavy atom. The van der Waals surface area contributed by atoms with Gasteiger partial charge in [-0.15, -0.1) is 0 Å². The third kappa shape index (κ3) is 2.44. The van der Waals surface area contributed by atoms with E-state index in [0.717, 1.165) is 13.0 Å². The molecule has 0 radical (unpaired) electrons. The predicted molar refractivity (Wildman–Crippen MR) is 53.8 cm³/mol. The van der Waals surface area contributed by atoms with E-state index in [4.69, 9.17) is 0 Å². The van der Waals surface area contributed by atoms with E-state index in [-0.39, 0.29) is 11.6 Å². The van der Waals surface area contributed by atoms with E-state index in [1.54, 1.807) is 0 Å². The van der Waals surface area contributed by atoms with Crippen LogP contribution in [0.5, 0.6) is 0 Å². The average Bonchev–Trinajstić information content (AvgIpc) is 2.29. The Bertz CT molecular complexity index is 233. The molecule has 1 unspecified atom stereocenters. The highest BCUT2D eigenvalue weighted by atomic mass is 19.1. The van der Waals surface area contributed by atoms with Crippen LogP contribution in [0, 0.1) is 0 Å². The highest BCUT2D eigenvalue weighted by molar-refractivity contribution is 5.84. The zero-order chi connectivity index (χ0) is 11.0. The third-order valence-corrected chi connectivity index (χ3v) is 2.73. The minimum atomic E-state index is -1.79. The van der Waals surface area contributed by atoms with E-state index in [1.807, 2.05) is 13.8 Å². The first-order valence-corrected chi connectivity index (χ1v) is 4.98. The molecular formula is C10H19FN2O. The normalized spacial score (nSPS) is 26.2. The van der Waals surface area contributed by atoms with E-state index in [9.17, 15) is 9.18 Å². The van der Waals surface area contributed by atoms with E-state index in [2.05, 4.69) is 10.6 Å². The van der Waals surface area contributed by atoms with Crippen LogP contribution in [0.15, 0.2) is 0 Å². The van der Waals surface area contributed by atoms with Crippen molar-refractivity contribution in [3.05, 3.63) is 0 Å². The minimum absolute atomic E-state index is 0.0185. The molecule has 0 aromatic heterocycles. The first-order chi connectivity index (χ1) is 6.23. The zero-order valence-electron chi connectivity index (χ0n) is 9.28. The van der Waals surface area contributed by atoms with Gasteiger partial charge in [0.25, 0.3) is 5.91 Å². The van der Waals surface area contributed by atoms with Crippen molar-refractivity contribution in [3.63, 3.8) is 0 Å². The van der Waals surface area contributed by atoms with Crippen molar-refractivity contribution < 1.29 is 9.18 Å². The van der Waals surface area contributed by atoms with Crippen LogP contribution in [0.25, 0.3) is 0 Å². The van der Waals surface area contributed by atoms with Gasteiger partial charge in [0.2, 0.25) is 0 Å².